The molecule has 1 rings (SSSR count). The van der Waals surface area contributed by atoms with E-state index in [2.05, 4.69) is 46.5 Å². The quantitative estimate of drug-likeness (QED) is 0.505. The second-order valence-electron chi connectivity index (χ2n) is 6.47. The van der Waals surface area contributed by atoms with E-state index >= 15 is 0 Å². The highest BCUT2D eigenvalue weighted by molar-refractivity contribution is 6.59. The van der Waals surface area contributed by atoms with Gasteiger partial charge in [0.1, 0.15) is 6.10 Å². The van der Waals surface area contributed by atoms with E-state index in [0.29, 0.717) is 0 Å². The van der Waals surface area contributed by atoms with Crippen LogP contribution in [0.1, 0.15) is 32.8 Å². The van der Waals surface area contributed by atoms with Gasteiger partial charge < -0.3 is 9.47 Å². The summed E-state index contributed by atoms with van der Waals surface area (Å²) in [5, 5.41) is 0.250. The zero-order valence-electron chi connectivity index (χ0n) is 14.4. The number of allylic oxidation sites excluding steroid dienone is 1. The molecule has 0 aliphatic rings. The molecule has 0 heterocycles. The van der Waals surface area contributed by atoms with Gasteiger partial charge in [-0.1, -0.05) is 46.0 Å². The molecule has 1 aromatic rings. The maximum Gasteiger partial charge on any atom is 0.161 e. The van der Waals surface area contributed by atoms with Crippen molar-refractivity contribution in [1.29, 1.82) is 0 Å². The zero-order chi connectivity index (χ0) is 16.0. The van der Waals surface area contributed by atoms with Crippen molar-refractivity contribution in [3.05, 3.63) is 36.4 Å². The van der Waals surface area contributed by atoms with E-state index in [1.165, 1.54) is 5.56 Å². The molecule has 1 aromatic carbocycles. The van der Waals surface area contributed by atoms with E-state index in [0.717, 1.165) is 24.3 Å². The van der Waals surface area contributed by atoms with Crippen molar-refractivity contribution in [3.8, 4) is 11.5 Å². The molecular weight excluding hydrogens is 276 g/mol. The van der Waals surface area contributed by atoms with Gasteiger partial charge in [0.15, 0.2) is 11.5 Å². The Bertz CT molecular complexity index is 466. The largest absolute Gasteiger partial charge is 0.493 e. The fraction of sp³-hybridized carbons (Fsp3) is 0.556. The molecule has 0 N–H and O–H groups in total. The van der Waals surface area contributed by atoms with Crippen LogP contribution in [0.25, 0.3) is 0 Å². The fourth-order valence-corrected chi connectivity index (χ4v) is 3.44. The van der Waals surface area contributed by atoms with Gasteiger partial charge in [0.05, 0.1) is 7.11 Å². The second-order valence-corrected chi connectivity index (χ2v) is 10.3. The maximum atomic E-state index is 6.33. The first-order valence-corrected chi connectivity index (χ1v) is 10.7. The van der Waals surface area contributed by atoms with Crippen LogP contribution in [0.5, 0.6) is 11.5 Å². The molecule has 2 nitrogen and oxygen atoms in total. The molecule has 0 saturated carbocycles. The monoisotopic (exact) mass is 306 g/mol. The molecule has 118 valence electrons. The van der Waals surface area contributed by atoms with Gasteiger partial charge >= 0.3 is 0 Å². The van der Waals surface area contributed by atoms with Crippen LogP contribution in [0, 0.1) is 0 Å². The molecule has 0 saturated heterocycles. The van der Waals surface area contributed by atoms with Gasteiger partial charge in [-0.3, -0.25) is 0 Å². The third-order valence-corrected chi connectivity index (χ3v) is 7.91. The van der Waals surface area contributed by atoms with Crippen molar-refractivity contribution in [3.63, 3.8) is 0 Å². The minimum Gasteiger partial charge on any atom is -0.493 e. The molecule has 1 atom stereocenters. The molecule has 0 aromatic heterocycles. The highest BCUT2D eigenvalue weighted by Gasteiger charge is 2.34. The number of hydrogen-bond acceptors (Lipinski definition) is 2. The average Bonchev–Trinajstić information content (AvgIpc) is 2.45. The van der Waals surface area contributed by atoms with Gasteiger partial charge in [-0.15, -0.1) is 6.58 Å². The maximum absolute atomic E-state index is 6.33. The van der Waals surface area contributed by atoms with Crippen LogP contribution in [0.3, 0.4) is 0 Å². The van der Waals surface area contributed by atoms with E-state index in [9.17, 15) is 0 Å². The number of hydrogen-bond donors (Lipinski definition) is 0. The summed E-state index contributed by atoms with van der Waals surface area (Å²) in [6.07, 6.45) is 3.98. The lowest BCUT2D eigenvalue weighted by Crippen LogP contribution is -2.37. The highest BCUT2D eigenvalue weighted by atomic mass is 28.3. The third-order valence-electron chi connectivity index (χ3n) is 4.57. The molecule has 3 heteroatoms. The Hall–Kier alpha value is -1.22. The average molecular weight is 307 g/mol. The zero-order valence-corrected chi connectivity index (χ0v) is 15.6. The van der Waals surface area contributed by atoms with Crippen LogP contribution in [0.2, 0.25) is 18.1 Å². The lowest BCUT2D eigenvalue weighted by molar-refractivity contribution is 0.148. The number of rotatable bonds is 8. The van der Waals surface area contributed by atoms with Crippen LogP contribution in [0.4, 0.5) is 0 Å². The molecule has 21 heavy (non-hydrogen) atoms. The Balaban J connectivity index is 3.02. The first kappa shape index (κ1) is 17.8. The Kier molecular flexibility index (Phi) is 6.53. The molecule has 0 fully saturated rings. The number of methoxy groups -OCH3 is 1. The lowest BCUT2D eigenvalue weighted by atomic mass is 10.0. The van der Waals surface area contributed by atoms with E-state index in [4.69, 9.17) is 9.47 Å². The Morgan fingerprint density at radius 2 is 1.95 bits per heavy atom. The van der Waals surface area contributed by atoms with Gasteiger partial charge in [0, 0.05) is 8.80 Å². The number of benzene rings is 1. The second kappa shape index (κ2) is 7.69. The molecule has 0 aliphatic carbocycles. The van der Waals surface area contributed by atoms with Crippen LogP contribution < -0.4 is 9.47 Å². The Morgan fingerprint density at radius 3 is 2.43 bits per heavy atom. The molecule has 0 aliphatic heterocycles. The lowest BCUT2D eigenvalue weighted by Gasteiger charge is -2.37. The first-order valence-electron chi connectivity index (χ1n) is 7.81. The van der Waals surface area contributed by atoms with Crippen LogP contribution in [0.15, 0.2) is 30.9 Å². The van der Waals surface area contributed by atoms with E-state index in [1.807, 2.05) is 18.2 Å². The van der Waals surface area contributed by atoms with Crippen molar-refractivity contribution in [2.45, 2.75) is 57.8 Å². The highest BCUT2D eigenvalue weighted by Crippen LogP contribution is 2.39. The first-order chi connectivity index (χ1) is 9.86. The third kappa shape index (κ3) is 4.37. The summed E-state index contributed by atoms with van der Waals surface area (Å²) in [6, 6.07) is 6.16. The predicted molar refractivity (Wildman–Crippen MR) is 94.5 cm³/mol. The van der Waals surface area contributed by atoms with Crippen molar-refractivity contribution >= 4 is 8.80 Å². The fourth-order valence-electron chi connectivity index (χ4n) is 2.39. The van der Waals surface area contributed by atoms with Crippen molar-refractivity contribution in [2.75, 3.05) is 7.11 Å². The summed E-state index contributed by atoms with van der Waals surface area (Å²) in [5.74, 6) is 1.66. The van der Waals surface area contributed by atoms with Crippen LogP contribution >= 0.6 is 0 Å². The number of ether oxygens (including phenoxy) is 2. The summed E-state index contributed by atoms with van der Waals surface area (Å²) in [5.41, 5.74) is 1.19. The molecular formula is C18H30O2Si. The van der Waals surface area contributed by atoms with Gasteiger partial charge in [-0.2, -0.15) is 0 Å². The van der Waals surface area contributed by atoms with Gasteiger partial charge in [0.25, 0.3) is 0 Å². The topological polar surface area (TPSA) is 18.5 Å². The smallest absolute Gasteiger partial charge is 0.161 e. The Labute approximate surface area is 131 Å². The van der Waals surface area contributed by atoms with E-state index in [-0.39, 0.29) is 11.1 Å². The molecule has 0 radical (unpaired) electrons. The molecule has 0 bridgehead atoms. The van der Waals surface area contributed by atoms with Gasteiger partial charge in [0.2, 0.25) is 0 Å². The van der Waals surface area contributed by atoms with Crippen molar-refractivity contribution in [1.82, 2.24) is 0 Å². The van der Waals surface area contributed by atoms with Gasteiger partial charge in [-0.05, 0) is 35.6 Å². The Morgan fingerprint density at radius 1 is 1.29 bits per heavy atom. The van der Waals surface area contributed by atoms with Gasteiger partial charge in [-0.25, -0.2) is 0 Å². The molecule has 0 amide bonds. The van der Waals surface area contributed by atoms with Crippen LogP contribution in [-0.4, -0.2) is 22.0 Å². The van der Waals surface area contributed by atoms with E-state index in [1.54, 1.807) is 7.11 Å². The van der Waals surface area contributed by atoms with Crippen molar-refractivity contribution in [2.24, 2.45) is 0 Å². The summed E-state index contributed by atoms with van der Waals surface area (Å²) >= 11 is 0. The summed E-state index contributed by atoms with van der Waals surface area (Å²) < 4.78 is 11.8. The minimum atomic E-state index is -0.821. The van der Waals surface area contributed by atoms with Crippen molar-refractivity contribution < 1.29 is 9.47 Å². The SMILES string of the molecule is C=CCc1ccc(OC(CC)C(C)(C)[SiH](C)C)c(OC)c1. The minimum absolute atomic E-state index is 0.225. The standard InChI is InChI=1S/C18H30O2Si/c1-8-10-14-11-12-15(16(13-14)19-5)20-17(9-2)18(3,4)21(6)7/h8,11-13,17,21H,1,9-10H2,2-7H3. The predicted octanol–water partition coefficient (Wildman–Crippen LogP) is 4.85. The van der Waals surface area contributed by atoms with Crippen LogP contribution in [-0.2, 0) is 6.42 Å². The molecule has 1 unspecified atom stereocenters. The normalized spacial score (nSPS) is 13.1. The van der Waals surface area contributed by atoms with E-state index < -0.39 is 8.80 Å². The summed E-state index contributed by atoms with van der Waals surface area (Å²) in [7, 11) is 0.877. The summed E-state index contributed by atoms with van der Waals surface area (Å²) in [6.45, 7) is 15.4. The molecule has 0 spiro atoms. The summed E-state index contributed by atoms with van der Waals surface area (Å²) in [4.78, 5) is 0.